The van der Waals surface area contributed by atoms with Crippen molar-refractivity contribution in [3.05, 3.63) is 0 Å². The first kappa shape index (κ1) is 15.4. The van der Waals surface area contributed by atoms with Gasteiger partial charge in [0.1, 0.15) is 6.04 Å². The molecule has 2 aliphatic heterocycles. The summed E-state index contributed by atoms with van der Waals surface area (Å²) in [6.07, 6.45) is 1.78. The van der Waals surface area contributed by atoms with E-state index in [1.807, 2.05) is 13.8 Å². The first-order valence-corrected chi connectivity index (χ1v) is 8.12. The van der Waals surface area contributed by atoms with Crippen molar-refractivity contribution < 1.29 is 19.4 Å². The largest absolute Gasteiger partial charge is 0.480 e. The average molecular weight is 302 g/mol. The molecule has 7 heteroatoms. The number of carboxylic acid groups (broad SMARTS) is 1. The Morgan fingerprint density at radius 1 is 1.45 bits per heavy atom. The van der Waals surface area contributed by atoms with Gasteiger partial charge in [-0.1, -0.05) is 13.3 Å². The van der Waals surface area contributed by atoms with E-state index in [9.17, 15) is 14.7 Å². The van der Waals surface area contributed by atoms with Gasteiger partial charge in [0.25, 0.3) is 0 Å². The maximum absolute atomic E-state index is 12.7. The fourth-order valence-electron chi connectivity index (χ4n) is 2.64. The molecule has 0 aromatic rings. The summed E-state index contributed by atoms with van der Waals surface area (Å²) in [5, 5.41) is 9.30. The fourth-order valence-corrected chi connectivity index (χ4v) is 4.14. The third-order valence-corrected chi connectivity index (χ3v) is 5.00. The second-order valence-electron chi connectivity index (χ2n) is 5.25. The van der Waals surface area contributed by atoms with Crippen molar-refractivity contribution in [3.8, 4) is 0 Å². The Morgan fingerprint density at radius 2 is 2.20 bits per heavy atom. The highest BCUT2D eigenvalue weighted by molar-refractivity contribution is 8.00. The molecular formula is C13H22N2O4S. The summed E-state index contributed by atoms with van der Waals surface area (Å²) in [6, 6.07) is -0.863. The molecule has 3 unspecified atom stereocenters. The van der Waals surface area contributed by atoms with Gasteiger partial charge in [-0.15, -0.1) is 11.8 Å². The van der Waals surface area contributed by atoms with E-state index < -0.39 is 12.0 Å². The molecule has 0 radical (unpaired) electrons. The van der Waals surface area contributed by atoms with Gasteiger partial charge in [0.15, 0.2) is 0 Å². The van der Waals surface area contributed by atoms with Crippen molar-refractivity contribution in [3.63, 3.8) is 0 Å². The molecule has 1 N–H and O–H groups in total. The zero-order valence-corrected chi connectivity index (χ0v) is 12.8. The summed E-state index contributed by atoms with van der Waals surface area (Å²) in [4.78, 5) is 27.3. The topological polar surface area (TPSA) is 70.1 Å². The molecule has 114 valence electrons. The maximum Gasteiger partial charge on any atom is 0.327 e. The number of carboxylic acids is 1. The van der Waals surface area contributed by atoms with Crippen LogP contribution in [-0.2, 0) is 9.53 Å². The van der Waals surface area contributed by atoms with Gasteiger partial charge < -0.3 is 14.7 Å². The lowest BCUT2D eigenvalue weighted by atomic mass is 10.2. The molecular weight excluding hydrogens is 280 g/mol. The third kappa shape index (κ3) is 3.20. The van der Waals surface area contributed by atoms with E-state index in [1.165, 1.54) is 0 Å². The van der Waals surface area contributed by atoms with Crippen LogP contribution >= 0.6 is 11.8 Å². The number of amides is 2. The Balaban J connectivity index is 2.11. The molecule has 20 heavy (non-hydrogen) atoms. The first-order chi connectivity index (χ1) is 9.54. The Kier molecular flexibility index (Phi) is 5.15. The van der Waals surface area contributed by atoms with Crippen molar-refractivity contribution in [1.29, 1.82) is 0 Å². The van der Waals surface area contributed by atoms with Gasteiger partial charge in [0, 0.05) is 18.8 Å². The first-order valence-electron chi connectivity index (χ1n) is 7.07. The van der Waals surface area contributed by atoms with E-state index in [0.29, 0.717) is 25.4 Å². The lowest BCUT2D eigenvalue weighted by Crippen LogP contribution is -2.55. The fraction of sp³-hybridized carbons (Fsp3) is 0.846. The number of carbonyl (C=O) groups excluding carboxylic acids is 1. The van der Waals surface area contributed by atoms with Crippen LogP contribution in [0.5, 0.6) is 0 Å². The van der Waals surface area contributed by atoms with Crippen LogP contribution in [-0.4, -0.2) is 69.9 Å². The molecule has 3 atom stereocenters. The van der Waals surface area contributed by atoms with Crippen LogP contribution in [0, 0.1) is 0 Å². The Hall–Kier alpha value is -0.950. The SMILES string of the molecule is CCCC1SCC(C(=O)O)N1C(=O)N1CCOC(C)C1. The molecule has 2 rings (SSSR count). The third-order valence-electron chi connectivity index (χ3n) is 3.65. The minimum absolute atomic E-state index is 0.0101. The van der Waals surface area contributed by atoms with Crippen LogP contribution < -0.4 is 0 Å². The van der Waals surface area contributed by atoms with Gasteiger partial charge in [-0.25, -0.2) is 9.59 Å². The zero-order valence-electron chi connectivity index (χ0n) is 11.9. The van der Waals surface area contributed by atoms with Gasteiger partial charge in [0.05, 0.1) is 18.1 Å². The number of rotatable bonds is 3. The van der Waals surface area contributed by atoms with E-state index in [1.54, 1.807) is 21.6 Å². The maximum atomic E-state index is 12.7. The average Bonchev–Trinajstić information content (AvgIpc) is 2.82. The molecule has 2 heterocycles. The number of aliphatic carboxylic acids is 1. The molecule has 6 nitrogen and oxygen atoms in total. The lowest BCUT2D eigenvalue weighted by Gasteiger charge is -2.37. The van der Waals surface area contributed by atoms with Gasteiger partial charge in [0.2, 0.25) is 0 Å². The number of carbonyl (C=O) groups is 2. The minimum Gasteiger partial charge on any atom is -0.480 e. The normalized spacial score (nSPS) is 30.6. The zero-order chi connectivity index (χ0) is 14.7. The smallest absolute Gasteiger partial charge is 0.327 e. The highest BCUT2D eigenvalue weighted by Crippen LogP contribution is 2.33. The summed E-state index contributed by atoms with van der Waals surface area (Å²) in [7, 11) is 0. The quantitative estimate of drug-likeness (QED) is 0.854. The second kappa shape index (κ2) is 6.67. The molecule has 0 aromatic heterocycles. The summed E-state index contributed by atoms with van der Waals surface area (Å²) in [5.74, 6) is -0.434. The second-order valence-corrected chi connectivity index (χ2v) is 6.46. The molecule has 0 spiro atoms. The number of ether oxygens (including phenoxy) is 1. The summed E-state index contributed by atoms with van der Waals surface area (Å²) < 4.78 is 5.44. The number of nitrogens with zero attached hydrogens (tertiary/aromatic N) is 2. The van der Waals surface area contributed by atoms with Crippen molar-refractivity contribution >= 4 is 23.8 Å². The molecule has 2 aliphatic rings. The van der Waals surface area contributed by atoms with Crippen LogP contribution in [0.1, 0.15) is 26.7 Å². The van der Waals surface area contributed by atoms with Gasteiger partial charge in [-0.05, 0) is 13.3 Å². The van der Waals surface area contributed by atoms with Gasteiger partial charge >= 0.3 is 12.0 Å². The van der Waals surface area contributed by atoms with Crippen molar-refractivity contribution in [1.82, 2.24) is 9.80 Å². The Labute approximate surface area is 123 Å². The van der Waals surface area contributed by atoms with E-state index in [-0.39, 0.29) is 17.5 Å². The molecule has 2 fully saturated rings. The molecule has 0 aliphatic carbocycles. The number of hydrogen-bond acceptors (Lipinski definition) is 4. The molecule has 0 bridgehead atoms. The number of thioether (sulfide) groups is 1. The van der Waals surface area contributed by atoms with Crippen molar-refractivity contribution in [2.75, 3.05) is 25.4 Å². The van der Waals surface area contributed by atoms with E-state index in [2.05, 4.69) is 0 Å². The Morgan fingerprint density at radius 3 is 2.80 bits per heavy atom. The van der Waals surface area contributed by atoms with E-state index in [0.717, 1.165) is 12.8 Å². The van der Waals surface area contributed by atoms with Crippen LogP contribution in [0.2, 0.25) is 0 Å². The van der Waals surface area contributed by atoms with Crippen LogP contribution in [0.25, 0.3) is 0 Å². The monoisotopic (exact) mass is 302 g/mol. The minimum atomic E-state index is -0.911. The molecule has 0 aromatic carbocycles. The van der Waals surface area contributed by atoms with Crippen LogP contribution in [0.3, 0.4) is 0 Å². The number of morpholine rings is 1. The van der Waals surface area contributed by atoms with Crippen molar-refractivity contribution in [2.24, 2.45) is 0 Å². The van der Waals surface area contributed by atoms with Crippen LogP contribution in [0.4, 0.5) is 4.79 Å². The van der Waals surface area contributed by atoms with E-state index in [4.69, 9.17) is 4.74 Å². The lowest BCUT2D eigenvalue weighted by molar-refractivity contribution is -0.141. The summed E-state index contributed by atoms with van der Waals surface area (Å²) >= 11 is 1.57. The van der Waals surface area contributed by atoms with E-state index >= 15 is 0 Å². The predicted molar refractivity (Wildman–Crippen MR) is 76.8 cm³/mol. The van der Waals surface area contributed by atoms with Gasteiger partial charge in [-0.3, -0.25) is 4.90 Å². The molecule has 2 saturated heterocycles. The highest BCUT2D eigenvalue weighted by Gasteiger charge is 2.43. The number of urea groups is 1. The summed E-state index contributed by atoms with van der Waals surface area (Å²) in [5.41, 5.74) is 0. The molecule has 2 amide bonds. The number of hydrogen-bond donors (Lipinski definition) is 1. The molecule has 0 saturated carbocycles. The Bertz CT molecular complexity index is 379. The predicted octanol–water partition coefficient (Wildman–Crippen LogP) is 1.46. The highest BCUT2D eigenvalue weighted by atomic mass is 32.2. The van der Waals surface area contributed by atoms with Crippen molar-refractivity contribution in [2.45, 2.75) is 44.2 Å². The summed E-state index contributed by atoms with van der Waals surface area (Å²) in [6.45, 7) is 5.56. The van der Waals surface area contributed by atoms with Crippen LogP contribution in [0.15, 0.2) is 0 Å². The van der Waals surface area contributed by atoms with Gasteiger partial charge in [-0.2, -0.15) is 0 Å². The standard InChI is InChI=1S/C13H22N2O4S/c1-3-4-11-15(10(8-20-11)12(16)17)13(18)14-5-6-19-9(2)7-14/h9-11H,3-8H2,1-2H3,(H,16,17).